The third-order valence-electron chi connectivity index (χ3n) is 4.51. The number of halogens is 2. The molecular formula is C20H22F2N4S. The van der Waals surface area contributed by atoms with Gasteiger partial charge in [0.25, 0.3) is 0 Å². The largest absolute Gasteiger partial charge is 0.300 e. The normalized spacial score (nSPS) is 13.7. The molecule has 2 atom stereocenters. The highest BCUT2D eigenvalue weighted by Crippen LogP contribution is 2.36. The van der Waals surface area contributed by atoms with Crippen molar-refractivity contribution in [3.05, 3.63) is 71.6 Å². The minimum absolute atomic E-state index is 0.0260. The second-order valence-corrected chi connectivity index (χ2v) is 7.91. The van der Waals surface area contributed by atoms with Crippen LogP contribution in [0.2, 0.25) is 0 Å². The van der Waals surface area contributed by atoms with Crippen LogP contribution >= 0.6 is 11.8 Å². The minimum Gasteiger partial charge on any atom is -0.300 e. The Bertz CT molecular complexity index is 891. The summed E-state index contributed by atoms with van der Waals surface area (Å²) in [7, 11) is 3.95. The van der Waals surface area contributed by atoms with Crippen molar-refractivity contribution in [2.24, 2.45) is 0 Å². The molecule has 0 saturated carbocycles. The van der Waals surface area contributed by atoms with Gasteiger partial charge < -0.3 is 0 Å². The van der Waals surface area contributed by atoms with Crippen LogP contribution in [0.3, 0.4) is 0 Å². The van der Waals surface area contributed by atoms with E-state index in [9.17, 15) is 8.78 Å². The lowest BCUT2D eigenvalue weighted by molar-refractivity contribution is 0.305. The van der Waals surface area contributed by atoms with Gasteiger partial charge in [-0.2, -0.15) is 0 Å². The fourth-order valence-corrected chi connectivity index (χ4v) is 3.65. The number of rotatable bonds is 6. The molecule has 3 rings (SSSR count). The fraction of sp³-hybridized carbons (Fsp3) is 0.300. The van der Waals surface area contributed by atoms with Gasteiger partial charge in [0.15, 0.2) is 11.0 Å². The molecule has 0 unspecified atom stereocenters. The lowest BCUT2D eigenvalue weighted by Gasteiger charge is -2.21. The predicted molar refractivity (Wildman–Crippen MR) is 104 cm³/mol. The average molecular weight is 388 g/mol. The Hall–Kier alpha value is -2.25. The van der Waals surface area contributed by atoms with Crippen LogP contribution in [0.25, 0.3) is 5.69 Å². The second-order valence-electron chi connectivity index (χ2n) is 6.60. The summed E-state index contributed by atoms with van der Waals surface area (Å²) in [4.78, 5) is 2.04. The van der Waals surface area contributed by atoms with Crippen molar-refractivity contribution >= 4 is 11.8 Å². The first kappa shape index (κ1) is 19.5. The van der Waals surface area contributed by atoms with E-state index in [0.29, 0.717) is 5.16 Å². The van der Waals surface area contributed by atoms with Crippen LogP contribution in [-0.2, 0) is 0 Å². The third-order valence-corrected chi connectivity index (χ3v) is 5.61. The Labute approximate surface area is 162 Å². The Morgan fingerprint density at radius 3 is 2.00 bits per heavy atom. The standard InChI is InChI=1S/C20H22F2N4S/c1-13(25(3)4)19-23-24-20(26(19)18-11-9-17(22)10-12-18)27-14(2)15-5-7-16(21)8-6-15/h5-14H,1-4H3/t13-,14+/m0/s1. The summed E-state index contributed by atoms with van der Waals surface area (Å²) in [6.07, 6.45) is 0. The van der Waals surface area contributed by atoms with Crippen molar-refractivity contribution < 1.29 is 8.78 Å². The molecule has 142 valence electrons. The van der Waals surface area contributed by atoms with E-state index >= 15 is 0 Å². The Morgan fingerprint density at radius 2 is 1.44 bits per heavy atom. The van der Waals surface area contributed by atoms with Gasteiger partial charge in [-0.3, -0.25) is 9.47 Å². The quantitative estimate of drug-likeness (QED) is 0.555. The van der Waals surface area contributed by atoms with Gasteiger partial charge in [0, 0.05) is 10.9 Å². The van der Waals surface area contributed by atoms with E-state index in [1.54, 1.807) is 24.3 Å². The van der Waals surface area contributed by atoms with Crippen LogP contribution in [0.1, 0.15) is 36.5 Å². The highest BCUT2D eigenvalue weighted by atomic mass is 32.2. The van der Waals surface area contributed by atoms with Crippen LogP contribution in [0.15, 0.2) is 53.7 Å². The van der Waals surface area contributed by atoms with Crippen LogP contribution in [0.5, 0.6) is 0 Å². The first-order chi connectivity index (χ1) is 12.9. The number of nitrogens with zero attached hydrogens (tertiary/aromatic N) is 4. The lowest BCUT2D eigenvalue weighted by atomic mass is 10.2. The zero-order valence-corrected chi connectivity index (χ0v) is 16.5. The highest BCUT2D eigenvalue weighted by Gasteiger charge is 2.22. The monoisotopic (exact) mass is 388 g/mol. The maximum Gasteiger partial charge on any atom is 0.196 e. The average Bonchev–Trinajstić information content (AvgIpc) is 3.05. The molecule has 4 nitrogen and oxygen atoms in total. The van der Waals surface area contributed by atoms with E-state index in [2.05, 4.69) is 10.2 Å². The van der Waals surface area contributed by atoms with Crippen molar-refractivity contribution in [1.82, 2.24) is 19.7 Å². The van der Waals surface area contributed by atoms with Gasteiger partial charge in [-0.1, -0.05) is 23.9 Å². The van der Waals surface area contributed by atoms with Crippen molar-refractivity contribution in [3.8, 4) is 5.69 Å². The summed E-state index contributed by atoms with van der Waals surface area (Å²) in [6.45, 7) is 4.08. The maximum absolute atomic E-state index is 13.4. The molecule has 0 bridgehead atoms. The topological polar surface area (TPSA) is 34.0 Å². The Kier molecular flexibility index (Phi) is 5.92. The highest BCUT2D eigenvalue weighted by molar-refractivity contribution is 7.99. The van der Waals surface area contributed by atoms with Crippen molar-refractivity contribution in [1.29, 1.82) is 0 Å². The lowest BCUT2D eigenvalue weighted by Crippen LogP contribution is -2.20. The van der Waals surface area contributed by atoms with E-state index in [0.717, 1.165) is 17.1 Å². The van der Waals surface area contributed by atoms with Crippen LogP contribution in [-0.4, -0.2) is 33.8 Å². The van der Waals surface area contributed by atoms with E-state index in [1.807, 2.05) is 37.4 Å². The smallest absolute Gasteiger partial charge is 0.196 e. The van der Waals surface area contributed by atoms with E-state index < -0.39 is 0 Å². The van der Waals surface area contributed by atoms with Crippen LogP contribution in [0, 0.1) is 11.6 Å². The number of hydrogen-bond donors (Lipinski definition) is 0. The van der Waals surface area contributed by atoms with Crippen LogP contribution < -0.4 is 0 Å². The molecule has 1 heterocycles. The molecule has 0 saturated heterocycles. The number of hydrogen-bond acceptors (Lipinski definition) is 4. The molecule has 0 aliphatic rings. The molecule has 0 aliphatic heterocycles. The molecule has 0 N–H and O–H groups in total. The molecule has 7 heteroatoms. The SMILES string of the molecule is C[C@@H](Sc1nnc([C@H](C)N(C)C)n1-c1ccc(F)cc1)c1ccc(F)cc1. The Balaban J connectivity index is 1.99. The fourth-order valence-electron chi connectivity index (χ4n) is 2.65. The summed E-state index contributed by atoms with van der Waals surface area (Å²) >= 11 is 1.53. The molecule has 27 heavy (non-hydrogen) atoms. The molecule has 0 aliphatic carbocycles. The van der Waals surface area contributed by atoms with Gasteiger partial charge in [-0.25, -0.2) is 8.78 Å². The molecule has 0 radical (unpaired) electrons. The summed E-state index contributed by atoms with van der Waals surface area (Å²) in [6, 6.07) is 12.8. The summed E-state index contributed by atoms with van der Waals surface area (Å²) in [5.74, 6) is 0.232. The summed E-state index contributed by atoms with van der Waals surface area (Å²) in [5, 5.41) is 9.54. The first-order valence-electron chi connectivity index (χ1n) is 8.66. The summed E-state index contributed by atoms with van der Waals surface area (Å²) < 4.78 is 28.5. The van der Waals surface area contributed by atoms with Crippen molar-refractivity contribution in [2.45, 2.75) is 30.3 Å². The van der Waals surface area contributed by atoms with Gasteiger partial charge in [0.05, 0.1) is 6.04 Å². The van der Waals surface area contributed by atoms with Crippen molar-refractivity contribution in [3.63, 3.8) is 0 Å². The second kappa shape index (κ2) is 8.19. The number of aromatic nitrogens is 3. The van der Waals surface area contributed by atoms with E-state index in [-0.39, 0.29) is 22.9 Å². The number of benzene rings is 2. The van der Waals surface area contributed by atoms with Gasteiger partial charge >= 0.3 is 0 Å². The van der Waals surface area contributed by atoms with Gasteiger partial charge in [0.1, 0.15) is 11.6 Å². The van der Waals surface area contributed by atoms with Crippen LogP contribution in [0.4, 0.5) is 8.78 Å². The molecule has 3 aromatic rings. The first-order valence-corrected chi connectivity index (χ1v) is 9.54. The molecule has 1 aromatic heterocycles. The zero-order chi connectivity index (χ0) is 19.6. The molecule has 0 fully saturated rings. The zero-order valence-electron chi connectivity index (χ0n) is 15.7. The minimum atomic E-state index is -0.289. The summed E-state index contributed by atoms with van der Waals surface area (Å²) in [5.41, 5.74) is 1.80. The van der Waals surface area contributed by atoms with E-state index in [4.69, 9.17) is 0 Å². The van der Waals surface area contributed by atoms with Gasteiger partial charge in [-0.05, 0) is 69.9 Å². The predicted octanol–water partition coefficient (Wildman–Crippen LogP) is 5.02. The molecular weight excluding hydrogens is 366 g/mol. The van der Waals surface area contributed by atoms with Gasteiger partial charge in [0.2, 0.25) is 0 Å². The van der Waals surface area contributed by atoms with Crippen molar-refractivity contribution in [2.75, 3.05) is 14.1 Å². The van der Waals surface area contributed by atoms with Gasteiger partial charge in [-0.15, -0.1) is 10.2 Å². The molecule has 2 aromatic carbocycles. The third kappa shape index (κ3) is 4.36. The van der Waals surface area contributed by atoms with E-state index in [1.165, 1.54) is 36.0 Å². The molecule has 0 amide bonds. The Morgan fingerprint density at radius 1 is 0.889 bits per heavy atom. The number of thioether (sulfide) groups is 1. The molecule has 0 spiro atoms. The maximum atomic E-state index is 13.4.